The summed E-state index contributed by atoms with van der Waals surface area (Å²) < 4.78 is 1.05. The fourth-order valence-electron chi connectivity index (χ4n) is 2.78. The van der Waals surface area contributed by atoms with Crippen LogP contribution in [0.3, 0.4) is 0 Å². The van der Waals surface area contributed by atoms with Crippen LogP contribution in [0.25, 0.3) is 0 Å². The van der Waals surface area contributed by atoms with Gasteiger partial charge in [-0.3, -0.25) is 4.99 Å². The number of hydrogen-bond donors (Lipinski definition) is 3. The van der Waals surface area contributed by atoms with Crippen molar-refractivity contribution in [2.24, 2.45) is 10.7 Å². The van der Waals surface area contributed by atoms with Crippen LogP contribution in [0.4, 0.5) is 4.79 Å². The number of carbonyl (C=O) groups is 1. The maximum Gasteiger partial charge on any atom is 0.314 e. The van der Waals surface area contributed by atoms with Gasteiger partial charge in [0.1, 0.15) is 0 Å². The van der Waals surface area contributed by atoms with Gasteiger partial charge in [0.2, 0.25) is 0 Å². The summed E-state index contributed by atoms with van der Waals surface area (Å²) in [6.45, 7) is 4.87. The molecule has 1 saturated heterocycles. The largest absolute Gasteiger partial charge is 0.357 e. The molecule has 0 saturated carbocycles. The molecule has 0 bridgehead atoms. The van der Waals surface area contributed by atoms with E-state index in [1.165, 1.54) is 0 Å². The molecule has 1 aliphatic rings. The van der Waals surface area contributed by atoms with E-state index in [9.17, 15) is 4.79 Å². The number of urea groups is 1. The van der Waals surface area contributed by atoms with Gasteiger partial charge in [0.15, 0.2) is 5.96 Å². The average molecular weight is 559 g/mol. The summed E-state index contributed by atoms with van der Waals surface area (Å²) in [5.74, 6) is 0.804. The molecule has 0 aliphatic carbocycles. The second-order valence-corrected chi connectivity index (χ2v) is 7.28. The number of hydrogen-bond acceptors (Lipinski definition) is 2. The lowest BCUT2D eigenvalue weighted by Crippen LogP contribution is -2.50. The minimum Gasteiger partial charge on any atom is -0.357 e. The highest BCUT2D eigenvalue weighted by Gasteiger charge is 2.21. The van der Waals surface area contributed by atoms with Gasteiger partial charge in [0, 0.05) is 41.7 Å². The number of nitrogens with one attached hydrogen (secondary N) is 2. The summed E-state index contributed by atoms with van der Waals surface area (Å²) in [5.41, 5.74) is 6.46. The minimum atomic E-state index is -0.342. The smallest absolute Gasteiger partial charge is 0.314 e. The van der Waals surface area contributed by atoms with Gasteiger partial charge in [-0.05, 0) is 49.9 Å². The van der Waals surface area contributed by atoms with E-state index in [-0.39, 0.29) is 30.0 Å². The van der Waals surface area contributed by atoms with Crippen molar-refractivity contribution in [1.82, 2.24) is 15.5 Å². The lowest BCUT2D eigenvalue weighted by atomic mass is 10.1. The number of aliphatic imine (C=N–C) groups is 1. The van der Waals surface area contributed by atoms with E-state index < -0.39 is 0 Å². The molecule has 9 heteroatoms. The third-order valence-electron chi connectivity index (χ3n) is 4.15. The Balaban J connectivity index is 0.00000338. The molecule has 6 nitrogen and oxygen atoms in total. The number of piperidine rings is 1. The van der Waals surface area contributed by atoms with Crippen LogP contribution < -0.4 is 16.4 Å². The molecule has 0 unspecified atom stereocenters. The van der Waals surface area contributed by atoms with Crippen molar-refractivity contribution in [3.05, 3.63) is 33.3 Å². The quantitative estimate of drug-likeness (QED) is 0.295. The first kappa shape index (κ1) is 23.3. The highest BCUT2D eigenvalue weighted by atomic mass is 127. The van der Waals surface area contributed by atoms with Gasteiger partial charge in [0.25, 0.3) is 0 Å². The maximum atomic E-state index is 11.2. The number of benzene rings is 1. The summed E-state index contributed by atoms with van der Waals surface area (Å²) in [6, 6.07) is 5.73. The SMILES string of the molecule is CCNC(=NCCc1cc(Cl)ccc1Br)NC1CCN(C(N)=O)CC1.I. The molecule has 0 spiro atoms. The Morgan fingerprint density at radius 1 is 1.42 bits per heavy atom. The van der Waals surface area contributed by atoms with Crippen molar-refractivity contribution < 1.29 is 4.79 Å². The number of halogens is 3. The van der Waals surface area contributed by atoms with Gasteiger partial charge in [-0.1, -0.05) is 27.5 Å². The minimum absolute atomic E-state index is 0. The molecule has 1 aliphatic heterocycles. The number of amides is 2. The molecule has 2 rings (SSSR count). The van der Waals surface area contributed by atoms with Gasteiger partial charge < -0.3 is 21.3 Å². The summed E-state index contributed by atoms with van der Waals surface area (Å²) in [5, 5.41) is 7.45. The Morgan fingerprint density at radius 2 is 2.12 bits per heavy atom. The fraction of sp³-hybridized carbons (Fsp3) is 0.529. The van der Waals surface area contributed by atoms with Crippen molar-refractivity contribution in [3.63, 3.8) is 0 Å². The summed E-state index contributed by atoms with van der Waals surface area (Å²) in [4.78, 5) is 17.5. The second kappa shape index (κ2) is 11.9. The van der Waals surface area contributed by atoms with Crippen LogP contribution in [0.15, 0.2) is 27.7 Å². The van der Waals surface area contributed by atoms with Crippen molar-refractivity contribution in [1.29, 1.82) is 0 Å². The van der Waals surface area contributed by atoms with E-state index in [1.54, 1.807) is 4.90 Å². The average Bonchev–Trinajstić information content (AvgIpc) is 2.58. The Labute approximate surface area is 185 Å². The van der Waals surface area contributed by atoms with Crippen molar-refractivity contribution in [2.75, 3.05) is 26.2 Å². The Morgan fingerprint density at radius 3 is 2.73 bits per heavy atom. The molecule has 1 aromatic rings. The number of likely N-dealkylation sites (tertiary alicyclic amines) is 1. The number of rotatable bonds is 5. The normalized spacial score (nSPS) is 15.3. The number of nitrogens with zero attached hydrogens (tertiary/aromatic N) is 2. The molecule has 26 heavy (non-hydrogen) atoms. The van der Waals surface area contributed by atoms with Crippen LogP contribution in [-0.2, 0) is 6.42 Å². The first-order chi connectivity index (χ1) is 12.0. The Hall–Kier alpha value is -0.740. The molecule has 146 valence electrons. The fourth-order valence-corrected chi connectivity index (χ4v) is 3.42. The molecule has 0 aromatic heterocycles. The lowest BCUT2D eigenvalue weighted by molar-refractivity contribution is 0.188. The Bertz CT molecular complexity index is 623. The second-order valence-electron chi connectivity index (χ2n) is 5.99. The van der Waals surface area contributed by atoms with E-state index in [1.807, 2.05) is 25.1 Å². The molecule has 2 amide bonds. The van der Waals surface area contributed by atoms with E-state index in [2.05, 4.69) is 31.6 Å². The van der Waals surface area contributed by atoms with E-state index >= 15 is 0 Å². The van der Waals surface area contributed by atoms with Crippen LogP contribution in [0, 0.1) is 0 Å². The van der Waals surface area contributed by atoms with Gasteiger partial charge in [-0.25, -0.2) is 4.79 Å². The monoisotopic (exact) mass is 557 g/mol. The van der Waals surface area contributed by atoms with Crippen LogP contribution in [0.5, 0.6) is 0 Å². The first-order valence-electron chi connectivity index (χ1n) is 8.52. The lowest BCUT2D eigenvalue weighted by Gasteiger charge is -2.32. The molecule has 1 heterocycles. The van der Waals surface area contributed by atoms with Gasteiger partial charge >= 0.3 is 6.03 Å². The van der Waals surface area contributed by atoms with Gasteiger partial charge in [-0.2, -0.15) is 0 Å². The van der Waals surface area contributed by atoms with Crippen LogP contribution in [-0.4, -0.2) is 49.1 Å². The van der Waals surface area contributed by atoms with E-state index in [4.69, 9.17) is 17.3 Å². The zero-order chi connectivity index (χ0) is 18.2. The molecule has 1 aromatic carbocycles. The number of primary amides is 1. The predicted octanol–water partition coefficient (Wildman–Crippen LogP) is 3.36. The first-order valence-corrected chi connectivity index (χ1v) is 9.70. The zero-order valence-electron chi connectivity index (χ0n) is 14.8. The molecule has 4 N–H and O–H groups in total. The van der Waals surface area contributed by atoms with Gasteiger partial charge in [0.05, 0.1) is 0 Å². The highest BCUT2D eigenvalue weighted by molar-refractivity contribution is 14.0. The van der Waals surface area contributed by atoms with Gasteiger partial charge in [-0.15, -0.1) is 24.0 Å². The van der Waals surface area contributed by atoms with Crippen LogP contribution in [0.1, 0.15) is 25.3 Å². The number of guanidine groups is 1. The summed E-state index contributed by atoms with van der Waals surface area (Å²) in [6.07, 6.45) is 2.54. The summed E-state index contributed by atoms with van der Waals surface area (Å²) >= 11 is 9.60. The standard InChI is InChI=1S/C17H25BrClN5O.HI/c1-2-21-17(23-14-6-9-24(10-7-14)16(20)25)22-8-5-12-11-13(19)3-4-15(12)18;/h3-4,11,14H,2,5-10H2,1H3,(H2,20,25)(H2,21,22,23);1H. The third kappa shape index (κ3) is 7.48. The maximum absolute atomic E-state index is 11.2. The Kier molecular flexibility index (Phi) is 10.6. The third-order valence-corrected chi connectivity index (χ3v) is 5.16. The summed E-state index contributed by atoms with van der Waals surface area (Å²) in [7, 11) is 0. The predicted molar refractivity (Wildman–Crippen MR) is 122 cm³/mol. The van der Waals surface area contributed by atoms with E-state index in [0.29, 0.717) is 25.7 Å². The van der Waals surface area contributed by atoms with Crippen molar-refractivity contribution in [3.8, 4) is 0 Å². The van der Waals surface area contributed by atoms with Crippen LogP contribution >= 0.6 is 51.5 Å². The molecular formula is C17H26BrClIN5O. The molecule has 0 radical (unpaired) electrons. The number of nitrogens with two attached hydrogens (primary N) is 1. The number of carbonyl (C=O) groups excluding carboxylic acids is 1. The zero-order valence-corrected chi connectivity index (χ0v) is 19.5. The molecular weight excluding hydrogens is 532 g/mol. The van der Waals surface area contributed by atoms with Crippen LogP contribution in [0.2, 0.25) is 5.02 Å². The highest BCUT2D eigenvalue weighted by Crippen LogP contribution is 2.21. The molecule has 0 atom stereocenters. The van der Waals surface area contributed by atoms with Crippen molar-refractivity contribution >= 4 is 63.5 Å². The van der Waals surface area contributed by atoms with E-state index in [0.717, 1.165) is 46.8 Å². The van der Waals surface area contributed by atoms with Crippen molar-refractivity contribution in [2.45, 2.75) is 32.2 Å². The topological polar surface area (TPSA) is 82.8 Å². The molecule has 1 fully saturated rings.